The average molecular weight is 623 g/mol. The third-order valence-corrected chi connectivity index (χ3v) is 8.65. The highest BCUT2D eigenvalue weighted by Gasteiger charge is 2.41. The zero-order valence-electron chi connectivity index (χ0n) is 26.6. The third-order valence-electron chi connectivity index (χ3n) is 8.65. The van der Waals surface area contributed by atoms with E-state index in [0.717, 1.165) is 56.5 Å². The molecule has 0 aromatic heterocycles. The van der Waals surface area contributed by atoms with Crippen molar-refractivity contribution >= 4 is 28.9 Å². The Labute approximate surface area is 275 Å². The van der Waals surface area contributed by atoms with Gasteiger partial charge in [0.15, 0.2) is 0 Å². The van der Waals surface area contributed by atoms with Gasteiger partial charge in [-0.3, -0.25) is 0 Å². The Bertz CT molecular complexity index is 2040. The molecule has 0 saturated heterocycles. The molecule has 0 amide bonds. The molecule has 0 aliphatic heterocycles. The fraction of sp³-hybridized carbons (Fsp3) is 0.167. The molecule has 5 aromatic carbocycles. The molecule has 5 nitrogen and oxygen atoms in total. The summed E-state index contributed by atoms with van der Waals surface area (Å²) in [6.45, 7) is 9.61. The Kier molecular flexibility index (Phi) is 9.65. The van der Waals surface area contributed by atoms with Crippen molar-refractivity contribution in [1.82, 2.24) is 0 Å². The van der Waals surface area contributed by atoms with Crippen LogP contribution in [0, 0.1) is 0 Å². The van der Waals surface area contributed by atoms with Crippen LogP contribution in [0.15, 0.2) is 134 Å². The van der Waals surface area contributed by atoms with Crippen molar-refractivity contribution in [2.45, 2.75) is 11.8 Å². The summed E-state index contributed by atoms with van der Waals surface area (Å²) < 4.78 is 22.5. The van der Waals surface area contributed by atoms with E-state index >= 15 is 0 Å². The second-order valence-electron chi connectivity index (χ2n) is 11.4. The van der Waals surface area contributed by atoms with Crippen LogP contribution in [0.1, 0.15) is 22.3 Å². The van der Waals surface area contributed by atoms with E-state index in [1.54, 1.807) is 7.11 Å². The first-order valence-corrected chi connectivity index (χ1v) is 15.8. The van der Waals surface area contributed by atoms with E-state index in [4.69, 9.17) is 25.5 Å². The number of benzene rings is 5. The van der Waals surface area contributed by atoms with E-state index in [-0.39, 0.29) is 13.2 Å². The van der Waals surface area contributed by atoms with Crippen molar-refractivity contribution in [1.29, 1.82) is 0 Å². The first-order chi connectivity index (χ1) is 23.1. The summed E-state index contributed by atoms with van der Waals surface area (Å²) in [5, 5.41) is 4.39. The third kappa shape index (κ3) is 6.35. The molecule has 6 rings (SSSR count). The molecule has 0 spiro atoms. The lowest BCUT2D eigenvalue weighted by Crippen LogP contribution is -2.33. The van der Waals surface area contributed by atoms with E-state index in [9.17, 15) is 4.79 Å². The molecule has 1 atom stereocenters. The molecule has 1 unspecified atom stereocenters. The van der Waals surface area contributed by atoms with Gasteiger partial charge in [0.25, 0.3) is 0 Å². The molecule has 0 fully saturated rings. The number of hydrogen-bond donors (Lipinski definition) is 0. The predicted molar refractivity (Wildman–Crippen MR) is 188 cm³/mol. The van der Waals surface area contributed by atoms with Gasteiger partial charge < -0.3 is 18.9 Å². The summed E-state index contributed by atoms with van der Waals surface area (Å²) >= 11 is 0. The summed E-state index contributed by atoms with van der Waals surface area (Å²) in [6.07, 6.45) is 6.43. The van der Waals surface area contributed by atoms with Gasteiger partial charge in [-0.2, -0.15) is 0 Å². The second kappa shape index (κ2) is 14.4. The van der Waals surface area contributed by atoms with Gasteiger partial charge in [0.1, 0.15) is 31.3 Å². The maximum absolute atomic E-state index is 11.5. The number of fused-ring (bicyclic) bond motifs is 3. The minimum Gasteiger partial charge on any atom is -0.491 e. The van der Waals surface area contributed by atoms with Crippen LogP contribution >= 0.6 is 0 Å². The number of rotatable bonds is 11. The van der Waals surface area contributed by atoms with Gasteiger partial charge in [0, 0.05) is 18.6 Å². The van der Waals surface area contributed by atoms with Gasteiger partial charge in [-0.1, -0.05) is 116 Å². The van der Waals surface area contributed by atoms with E-state index in [1.807, 2.05) is 18.2 Å². The molecular weight excluding hydrogens is 584 g/mol. The van der Waals surface area contributed by atoms with Gasteiger partial charge in [0.05, 0.1) is 12.0 Å². The monoisotopic (exact) mass is 622 g/mol. The molecular formula is C42H38O5. The topological polar surface area (TPSA) is 54.0 Å². The zero-order valence-corrected chi connectivity index (χ0v) is 26.6. The lowest BCUT2D eigenvalue weighted by Gasteiger charge is -2.39. The Balaban J connectivity index is 1.59. The van der Waals surface area contributed by atoms with E-state index < -0.39 is 11.4 Å². The standard InChI is InChI=1S/C42H38O5/c1-4-41(43)47-28-27-45-35-21-19-34(20-22-35)42(39-23-24-40(46-26-25-44-3)37-15-9-8-14-36(37)39)30(2)29-33-13-6-5-11-31(33)17-18-32-12-7-10-16-38(32)42/h4-17,19-24,29H,1-2,18,25-28H2,3H3/b31-17-,33-29-. The lowest BCUT2D eigenvalue weighted by atomic mass is 9.62. The summed E-state index contributed by atoms with van der Waals surface area (Å²) in [4.78, 5) is 11.5. The van der Waals surface area contributed by atoms with Crippen LogP contribution in [0.3, 0.4) is 0 Å². The Morgan fingerprint density at radius 2 is 1.45 bits per heavy atom. The summed E-state index contributed by atoms with van der Waals surface area (Å²) in [6, 6.07) is 38.0. The number of allylic oxidation sites excluding steroid dienone is 1. The van der Waals surface area contributed by atoms with Crippen molar-refractivity contribution in [2.75, 3.05) is 33.5 Å². The number of carbonyl (C=O) groups excluding carboxylic acids is 1. The molecule has 5 heteroatoms. The van der Waals surface area contributed by atoms with Crippen molar-refractivity contribution < 1.29 is 23.7 Å². The van der Waals surface area contributed by atoms with Crippen LogP contribution in [0.25, 0.3) is 22.9 Å². The molecule has 0 heterocycles. The summed E-state index contributed by atoms with van der Waals surface area (Å²) in [7, 11) is 1.68. The van der Waals surface area contributed by atoms with Gasteiger partial charge in [-0.05, 0) is 68.3 Å². The Morgan fingerprint density at radius 3 is 2.23 bits per heavy atom. The highest BCUT2D eigenvalue weighted by atomic mass is 16.6. The van der Waals surface area contributed by atoms with Crippen LogP contribution in [0.5, 0.6) is 11.5 Å². The van der Waals surface area contributed by atoms with Crippen LogP contribution in [-0.2, 0) is 26.1 Å². The fourth-order valence-corrected chi connectivity index (χ4v) is 6.52. The maximum atomic E-state index is 11.5. The van der Waals surface area contributed by atoms with Crippen LogP contribution < -0.4 is 19.9 Å². The molecule has 0 N–H and O–H groups in total. The van der Waals surface area contributed by atoms with E-state index in [1.165, 1.54) is 10.8 Å². The SMILES string of the molecule is C=CC(=O)OCCOc1ccc(C2(c3ccc(OCCOC)c4ccccc34)C(=C)/C=c3/cccc/c3=C/Cc3ccccc32)cc1. The van der Waals surface area contributed by atoms with E-state index in [2.05, 4.69) is 110 Å². The summed E-state index contributed by atoms with van der Waals surface area (Å²) in [5.74, 6) is 1.01. The number of methoxy groups -OCH3 is 1. The molecule has 1 aliphatic rings. The van der Waals surface area contributed by atoms with Crippen molar-refractivity contribution in [3.63, 3.8) is 0 Å². The van der Waals surface area contributed by atoms with Gasteiger partial charge in [-0.25, -0.2) is 4.79 Å². The minimum absolute atomic E-state index is 0.135. The second-order valence-corrected chi connectivity index (χ2v) is 11.4. The van der Waals surface area contributed by atoms with Crippen molar-refractivity contribution in [3.8, 4) is 11.5 Å². The largest absolute Gasteiger partial charge is 0.491 e. The minimum atomic E-state index is -0.773. The number of ether oxygens (including phenoxy) is 4. The van der Waals surface area contributed by atoms with Gasteiger partial charge in [0.2, 0.25) is 0 Å². The molecule has 236 valence electrons. The molecule has 0 bridgehead atoms. The maximum Gasteiger partial charge on any atom is 0.330 e. The highest BCUT2D eigenvalue weighted by molar-refractivity contribution is 5.94. The van der Waals surface area contributed by atoms with Crippen LogP contribution in [0.2, 0.25) is 0 Å². The average Bonchev–Trinajstić information content (AvgIpc) is 3.16. The van der Waals surface area contributed by atoms with E-state index in [0.29, 0.717) is 19.0 Å². The van der Waals surface area contributed by atoms with Crippen molar-refractivity contribution in [3.05, 3.63) is 167 Å². The Morgan fingerprint density at radius 1 is 0.745 bits per heavy atom. The first-order valence-electron chi connectivity index (χ1n) is 15.8. The van der Waals surface area contributed by atoms with Crippen LogP contribution in [-0.4, -0.2) is 39.5 Å². The molecule has 0 saturated carbocycles. The number of carbonyl (C=O) groups is 1. The normalized spacial score (nSPS) is 16.9. The first kappa shape index (κ1) is 31.6. The zero-order chi connectivity index (χ0) is 32.6. The molecule has 0 radical (unpaired) electrons. The molecule has 47 heavy (non-hydrogen) atoms. The lowest BCUT2D eigenvalue weighted by molar-refractivity contribution is -0.138. The fourth-order valence-electron chi connectivity index (χ4n) is 6.52. The number of esters is 1. The quantitative estimate of drug-likeness (QED) is 0.0935. The van der Waals surface area contributed by atoms with Gasteiger partial charge in [-0.15, -0.1) is 0 Å². The Hall–Kier alpha value is -5.39. The smallest absolute Gasteiger partial charge is 0.330 e. The molecule has 1 aliphatic carbocycles. The van der Waals surface area contributed by atoms with Crippen molar-refractivity contribution in [2.24, 2.45) is 0 Å². The van der Waals surface area contributed by atoms with Crippen LogP contribution in [0.4, 0.5) is 0 Å². The van der Waals surface area contributed by atoms with Gasteiger partial charge >= 0.3 is 5.97 Å². The predicted octanol–water partition coefficient (Wildman–Crippen LogP) is 6.68. The summed E-state index contributed by atoms with van der Waals surface area (Å²) in [5.41, 5.74) is 4.70. The highest BCUT2D eigenvalue weighted by Crippen LogP contribution is 2.50. The number of hydrogen-bond acceptors (Lipinski definition) is 5. The molecule has 5 aromatic rings.